The summed E-state index contributed by atoms with van der Waals surface area (Å²) in [6, 6.07) is 7.80. The minimum Gasteiger partial charge on any atom is -0.416 e. The quantitative estimate of drug-likeness (QED) is 0.283. The third kappa shape index (κ3) is 5.72. The highest BCUT2D eigenvalue weighted by Crippen LogP contribution is 2.42. The Bertz CT molecular complexity index is 735. The fraction of sp³-hybridized carbons (Fsp3) is 0.609. The summed E-state index contributed by atoms with van der Waals surface area (Å²) >= 11 is 6.02. The second kappa shape index (κ2) is 10.8. The molecule has 4 nitrogen and oxygen atoms in total. The molecule has 1 heterocycles. The molecule has 2 aromatic rings. The van der Waals surface area contributed by atoms with Gasteiger partial charge in [-0.1, -0.05) is 65.3 Å². The molecule has 29 heavy (non-hydrogen) atoms. The monoisotopic (exact) mass is 436 g/mol. The topological polar surface area (TPSA) is 36.3 Å². The smallest absolute Gasteiger partial charge is 0.200 e. The van der Waals surface area contributed by atoms with Gasteiger partial charge in [-0.15, -0.1) is 0 Å². The maximum Gasteiger partial charge on any atom is 0.200 e. The first-order valence-corrected chi connectivity index (χ1v) is 13.2. The molecule has 0 amide bonds. The van der Waals surface area contributed by atoms with Gasteiger partial charge in [-0.3, -0.25) is 0 Å². The second-order valence-electron chi connectivity index (χ2n) is 8.71. The molecule has 1 aromatic carbocycles. The summed E-state index contributed by atoms with van der Waals surface area (Å²) in [7, 11) is -0.101. The molecule has 162 valence electrons. The molecule has 0 saturated heterocycles. The number of aryl methyl sites for hydroxylation is 1. The van der Waals surface area contributed by atoms with Gasteiger partial charge >= 0.3 is 0 Å². The maximum absolute atomic E-state index is 6.70. The Kier molecular flexibility index (Phi) is 8.95. The minimum absolute atomic E-state index is 0.499. The van der Waals surface area contributed by atoms with E-state index in [1.54, 1.807) is 7.11 Å². The maximum atomic E-state index is 6.70. The van der Waals surface area contributed by atoms with Crippen molar-refractivity contribution in [2.75, 3.05) is 13.7 Å². The van der Waals surface area contributed by atoms with E-state index in [0.717, 1.165) is 41.6 Å². The Labute approximate surface area is 182 Å². The van der Waals surface area contributed by atoms with E-state index in [1.807, 2.05) is 24.3 Å². The van der Waals surface area contributed by atoms with Crippen LogP contribution in [0.25, 0.3) is 11.3 Å². The second-order valence-corrected chi connectivity index (χ2v) is 14.6. The van der Waals surface area contributed by atoms with Crippen LogP contribution in [0.4, 0.5) is 0 Å². The van der Waals surface area contributed by atoms with Crippen LogP contribution in [0.3, 0.4) is 0 Å². The third-order valence-corrected chi connectivity index (χ3v) is 12.2. The van der Waals surface area contributed by atoms with Crippen molar-refractivity contribution in [2.24, 2.45) is 0 Å². The number of ether oxygens (including phenoxy) is 1. The van der Waals surface area contributed by atoms with Crippen LogP contribution in [0.1, 0.15) is 53.8 Å². The summed E-state index contributed by atoms with van der Waals surface area (Å²) in [6.07, 6.45) is 3.88. The zero-order valence-electron chi connectivity index (χ0n) is 19.0. The molecule has 0 N–H and O–H groups in total. The summed E-state index contributed by atoms with van der Waals surface area (Å²) in [5, 5.41) is 0.732. The number of hydrogen-bond acceptors (Lipinski definition) is 3. The van der Waals surface area contributed by atoms with Crippen molar-refractivity contribution < 1.29 is 9.16 Å². The Morgan fingerprint density at radius 1 is 1.00 bits per heavy atom. The fourth-order valence-corrected chi connectivity index (χ4v) is 10.3. The molecule has 0 saturated carbocycles. The molecular weight excluding hydrogens is 400 g/mol. The van der Waals surface area contributed by atoms with Crippen LogP contribution in [0.5, 0.6) is 0 Å². The normalized spacial score (nSPS) is 12.5. The Balaban J connectivity index is 2.08. The van der Waals surface area contributed by atoms with Crippen LogP contribution in [0, 0.1) is 0 Å². The van der Waals surface area contributed by atoms with Crippen LogP contribution in [-0.4, -0.2) is 31.6 Å². The predicted molar refractivity (Wildman–Crippen MR) is 125 cm³/mol. The Hall–Kier alpha value is -1.14. The molecule has 0 aliphatic heterocycles. The van der Waals surface area contributed by atoms with Crippen molar-refractivity contribution in [3.8, 4) is 11.3 Å². The van der Waals surface area contributed by atoms with Crippen molar-refractivity contribution in [1.82, 2.24) is 9.55 Å². The van der Waals surface area contributed by atoms with Crippen LogP contribution in [0.2, 0.25) is 21.6 Å². The molecule has 6 heteroatoms. The molecule has 1 aromatic heterocycles. The number of halogens is 1. The summed E-state index contributed by atoms with van der Waals surface area (Å²) in [5.74, 6) is 1.03. The van der Waals surface area contributed by atoms with Gasteiger partial charge in [0.2, 0.25) is 0 Å². The van der Waals surface area contributed by atoms with E-state index in [1.165, 1.54) is 0 Å². The highest BCUT2D eigenvalue weighted by atomic mass is 35.5. The van der Waals surface area contributed by atoms with E-state index in [-0.39, 0.29) is 0 Å². The summed E-state index contributed by atoms with van der Waals surface area (Å²) in [6.45, 7) is 15.3. The average molecular weight is 437 g/mol. The van der Waals surface area contributed by atoms with Gasteiger partial charge in [0, 0.05) is 36.9 Å². The number of nitrogens with zero attached hydrogens (tertiary/aromatic N) is 2. The molecule has 0 aliphatic carbocycles. The molecule has 2 rings (SSSR count). The fourth-order valence-electron chi connectivity index (χ4n) is 4.64. The highest BCUT2D eigenvalue weighted by Gasteiger charge is 2.44. The largest absolute Gasteiger partial charge is 0.416 e. The lowest BCUT2D eigenvalue weighted by atomic mass is 10.2. The lowest BCUT2D eigenvalue weighted by Gasteiger charge is -2.42. The van der Waals surface area contributed by atoms with Crippen molar-refractivity contribution in [3.63, 3.8) is 0 Å². The van der Waals surface area contributed by atoms with Gasteiger partial charge in [-0.25, -0.2) is 4.98 Å². The van der Waals surface area contributed by atoms with Crippen LogP contribution in [-0.2, 0) is 22.3 Å². The van der Waals surface area contributed by atoms with Gasteiger partial charge in [0.1, 0.15) is 12.6 Å². The number of benzene rings is 1. The molecule has 0 radical (unpaired) electrons. The average Bonchev–Trinajstić information content (AvgIpc) is 3.04. The Morgan fingerprint density at radius 3 is 2.10 bits per heavy atom. The van der Waals surface area contributed by atoms with E-state index >= 15 is 0 Å². The van der Waals surface area contributed by atoms with Gasteiger partial charge in [0.25, 0.3) is 0 Å². The summed E-state index contributed by atoms with van der Waals surface area (Å²) < 4.78 is 14.2. The Morgan fingerprint density at radius 2 is 1.59 bits per heavy atom. The SMILES string of the molecule is COCn1cc(-c2ccc(Cl)cc2)nc1CCCO[Si](C(C)C)(C(C)C)C(C)C. The lowest BCUT2D eigenvalue weighted by molar-refractivity contribution is 0.128. The van der Waals surface area contributed by atoms with Gasteiger partial charge in [0.05, 0.1) is 5.69 Å². The predicted octanol–water partition coefficient (Wildman–Crippen LogP) is 6.93. The van der Waals surface area contributed by atoms with Crippen molar-refractivity contribution in [1.29, 1.82) is 0 Å². The molecular formula is C23H37ClN2O2Si. The van der Waals surface area contributed by atoms with Crippen LogP contribution >= 0.6 is 11.6 Å². The molecule has 0 spiro atoms. The minimum atomic E-state index is -1.81. The third-order valence-electron chi connectivity index (χ3n) is 5.87. The molecule has 0 bridgehead atoms. The summed E-state index contributed by atoms with van der Waals surface area (Å²) in [5.41, 5.74) is 3.83. The zero-order chi connectivity index (χ0) is 21.6. The number of aromatic nitrogens is 2. The standard InChI is InChI=1S/C23H37ClN2O2Si/c1-17(2)29(18(3)4,19(5)6)28-14-8-9-23-25-22(15-26(23)16-27-7)20-10-12-21(24)13-11-20/h10-13,15,17-19H,8-9,14,16H2,1-7H3. The van der Waals surface area contributed by atoms with E-state index in [2.05, 4.69) is 52.3 Å². The zero-order valence-corrected chi connectivity index (χ0v) is 20.8. The van der Waals surface area contributed by atoms with Gasteiger partial charge in [0.15, 0.2) is 8.32 Å². The number of methoxy groups -OCH3 is 1. The molecule has 0 aliphatic rings. The van der Waals surface area contributed by atoms with E-state index in [9.17, 15) is 0 Å². The van der Waals surface area contributed by atoms with Crippen LogP contribution in [0.15, 0.2) is 30.5 Å². The van der Waals surface area contributed by atoms with Crippen molar-refractivity contribution >= 4 is 19.9 Å². The van der Waals surface area contributed by atoms with E-state index in [4.69, 9.17) is 25.7 Å². The van der Waals surface area contributed by atoms with Gasteiger partial charge < -0.3 is 13.7 Å². The van der Waals surface area contributed by atoms with E-state index < -0.39 is 8.32 Å². The first kappa shape index (κ1) is 24.1. The first-order valence-electron chi connectivity index (χ1n) is 10.7. The first-order chi connectivity index (χ1) is 13.7. The summed E-state index contributed by atoms with van der Waals surface area (Å²) in [4.78, 5) is 4.86. The molecule has 0 fully saturated rings. The number of rotatable bonds is 11. The van der Waals surface area contributed by atoms with Crippen molar-refractivity contribution in [3.05, 3.63) is 41.3 Å². The lowest BCUT2D eigenvalue weighted by Crippen LogP contribution is -2.48. The van der Waals surface area contributed by atoms with Crippen molar-refractivity contribution in [2.45, 2.75) is 77.7 Å². The van der Waals surface area contributed by atoms with E-state index in [0.29, 0.717) is 23.4 Å². The number of imidazole rings is 1. The van der Waals surface area contributed by atoms with Gasteiger partial charge in [-0.05, 0) is 35.2 Å². The van der Waals surface area contributed by atoms with Crippen LogP contribution < -0.4 is 0 Å². The highest BCUT2D eigenvalue weighted by molar-refractivity contribution is 6.77. The number of hydrogen-bond donors (Lipinski definition) is 0. The molecule has 0 unspecified atom stereocenters. The van der Waals surface area contributed by atoms with Gasteiger partial charge in [-0.2, -0.15) is 0 Å². The molecule has 0 atom stereocenters.